The smallest absolute Gasteiger partial charge is 0.239 e. The third kappa shape index (κ3) is 4.74. The van der Waals surface area contributed by atoms with E-state index >= 15 is 0 Å². The highest BCUT2D eigenvalue weighted by molar-refractivity contribution is 6.02. The number of hydrogen-bond acceptors (Lipinski definition) is 3. The number of allylic oxidation sites excluding steroid dienone is 2. The maximum absolute atomic E-state index is 5.02. The molecule has 4 nitrogen and oxygen atoms in total. The zero-order valence-electron chi connectivity index (χ0n) is 21.5. The van der Waals surface area contributed by atoms with E-state index in [0.29, 0.717) is 0 Å². The average Bonchev–Trinajstić information content (AvgIpc) is 2.91. The Balaban J connectivity index is 1.72. The number of aromatic nitrogens is 2. The van der Waals surface area contributed by atoms with E-state index in [2.05, 4.69) is 65.8 Å². The first-order valence-corrected chi connectivity index (χ1v) is 12.2. The van der Waals surface area contributed by atoms with Gasteiger partial charge in [-0.25, -0.2) is 4.98 Å². The molecule has 1 aromatic heterocycles. The van der Waals surface area contributed by atoms with Crippen LogP contribution in [0, 0.1) is 0 Å². The molecular formula is C33H29N4+. The molecule has 180 valence electrons. The molecule has 0 spiro atoms. The molecule has 5 rings (SSSR count). The van der Waals surface area contributed by atoms with Crippen LogP contribution >= 0.6 is 0 Å². The normalized spacial score (nSPS) is 11.6. The van der Waals surface area contributed by atoms with Crippen molar-refractivity contribution in [3.8, 4) is 5.69 Å². The predicted molar refractivity (Wildman–Crippen MR) is 158 cm³/mol. The number of rotatable bonds is 6. The summed E-state index contributed by atoms with van der Waals surface area (Å²) in [5.41, 5.74) is 12.6. The lowest BCUT2D eigenvalue weighted by atomic mass is 9.96. The lowest BCUT2D eigenvalue weighted by Crippen LogP contribution is -2.33. The van der Waals surface area contributed by atoms with Gasteiger partial charge in [0.25, 0.3) is 0 Å². The molecule has 0 fully saturated rings. The molecule has 0 unspecified atom stereocenters. The summed E-state index contributed by atoms with van der Waals surface area (Å²) in [6.07, 6.45) is 0. The molecule has 1 heterocycles. The Kier molecular flexibility index (Phi) is 6.33. The van der Waals surface area contributed by atoms with Crippen molar-refractivity contribution in [2.24, 2.45) is 9.98 Å². The maximum atomic E-state index is 5.02. The zero-order chi connectivity index (χ0) is 26.1. The quantitative estimate of drug-likeness (QED) is 0.137. The molecule has 4 heteroatoms. The van der Waals surface area contributed by atoms with Crippen molar-refractivity contribution in [3.63, 3.8) is 0 Å². The summed E-state index contributed by atoms with van der Waals surface area (Å²) >= 11 is 0. The number of para-hydroxylation sites is 1. The van der Waals surface area contributed by atoms with E-state index in [1.165, 1.54) is 0 Å². The monoisotopic (exact) mass is 481 g/mol. The third-order valence-electron chi connectivity index (χ3n) is 6.47. The Hall–Kier alpha value is -4.70. The van der Waals surface area contributed by atoms with Crippen LogP contribution in [0.15, 0.2) is 108 Å². The van der Waals surface area contributed by atoms with Crippen LogP contribution in [0.4, 0.5) is 11.4 Å². The maximum Gasteiger partial charge on any atom is 0.239 e. The molecule has 0 aliphatic heterocycles. The average molecular weight is 482 g/mol. The van der Waals surface area contributed by atoms with E-state index in [1.807, 2.05) is 69.3 Å². The van der Waals surface area contributed by atoms with Gasteiger partial charge in [0.15, 0.2) is 0 Å². The van der Waals surface area contributed by atoms with Gasteiger partial charge in [-0.05, 0) is 86.6 Å². The summed E-state index contributed by atoms with van der Waals surface area (Å²) in [4.78, 5) is 14.1. The van der Waals surface area contributed by atoms with Gasteiger partial charge >= 0.3 is 0 Å². The van der Waals surface area contributed by atoms with Gasteiger partial charge in [0.1, 0.15) is 11.0 Å². The second kappa shape index (κ2) is 9.75. The molecule has 0 saturated heterocycles. The number of benzene rings is 4. The van der Waals surface area contributed by atoms with Gasteiger partial charge in [-0.15, -0.1) is 4.57 Å². The summed E-state index contributed by atoms with van der Waals surface area (Å²) in [5, 5.41) is 0. The minimum Gasteiger partial charge on any atom is -0.264 e. The number of nitrogens with zero attached hydrogens (tertiary/aromatic N) is 4. The SMILES string of the molecule is C=Nc1ccc2nc3ccc(N=C(C)c4cc(C(=C)C)cc(C(=C)C)c4)cc3[n+](-c3ccccc3)c2c1. The van der Waals surface area contributed by atoms with Crippen LogP contribution in [0.3, 0.4) is 0 Å². The van der Waals surface area contributed by atoms with Crippen LogP contribution in [-0.4, -0.2) is 17.4 Å². The lowest BCUT2D eigenvalue weighted by Gasteiger charge is -2.10. The Labute approximate surface area is 217 Å². The molecule has 0 amide bonds. The van der Waals surface area contributed by atoms with E-state index in [9.17, 15) is 0 Å². The highest BCUT2D eigenvalue weighted by Gasteiger charge is 2.20. The van der Waals surface area contributed by atoms with E-state index in [-0.39, 0.29) is 0 Å². The summed E-state index contributed by atoms with van der Waals surface area (Å²) in [6.45, 7) is 18.0. The molecule has 37 heavy (non-hydrogen) atoms. The molecule has 0 atom stereocenters. The summed E-state index contributed by atoms with van der Waals surface area (Å²) in [6, 6.07) is 28.8. The zero-order valence-corrected chi connectivity index (χ0v) is 21.5. The van der Waals surface area contributed by atoms with Gasteiger partial charge in [-0.2, -0.15) is 0 Å². The number of fused-ring (bicyclic) bond motifs is 2. The van der Waals surface area contributed by atoms with Crippen LogP contribution < -0.4 is 4.57 Å². The first kappa shape index (κ1) is 24.0. The van der Waals surface area contributed by atoms with Crippen molar-refractivity contribution in [1.82, 2.24) is 4.98 Å². The Morgan fingerprint density at radius 1 is 0.676 bits per heavy atom. The second-order valence-corrected chi connectivity index (χ2v) is 9.34. The fraction of sp³-hybridized carbons (Fsp3) is 0.0909. The molecule has 0 saturated carbocycles. The molecule has 0 aliphatic rings. The lowest BCUT2D eigenvalue weighted by molar-refractivity contribution is -0.538. The van der Waals surface area contributed by atoms with Crippen molar-refractivity contribution >= 4 is 57.0 Å². The van der Waals surface area contributed by atoms with Gasteiger partial charge in [-0.1, -0.05) is 42.5 Å². The van der Waals surface area contributed by atoms with E-state index in [1.54, 1.807) is 0 Å². The Bertz CT molecular complexity index is 1710. The number of hydrogen-bond donors (Lipinski definition) is 0. The first-order chi connectivity index (χ1) is 17.8. The molecule has 0 bridgehead atoms. The predicted octanol–water partition coefficient (Wildman–Crippen LogP) is 8.20. The molecule has 5 aromatic rings. The van der Waals surface area contributed by atoms with Gasteiger partial charge in [0, 0.05) is 30.0 Å². The Morgan fingerprint density at radius 2 is 1.22 bits per heavy atom. The highest BCUT2D eigenvalue weighted by Crippen LogP contribution is 2.26. The minimum atomic E-state index is 0.800. The fourth-order valence-corrected chi connectivity index (χ4v) is 4.44. The molecule has 0 aliphatic carbocycles. The van der Waals surface area contributed by atoms with Crippen LogP contribution in [0.2, 0.25) is 0 Å². The first-order valence-electron chi connectivity index (χ1n) is 12.2. The largest absolute Gasteiger partial charge is 0.264 e. The van der Waals surface area contributed by atoms with Gasteiger partial charge < -0.3 is 0 Å². The van der Waals surface area contributed by atoms with Crippen molar-refractivity contribution in [1.29, 1.82) is 0 Å². The summed E-state index contributed by atoms with van der Waals surface area (Å²) < 4.78 is 2.21. The number of aliphatic imine (C=N–C) groups is 2. The summed E-state index contributed by atoms with van der Waals surface area (Å²) in [5.74, 6) is 0. The second-order valence-electron chi connectivity index (χ2n) is 9.34. The van der Waals surface area contributed by atoms with Crippen LogP contribution in [0.5, 0.6) is 0 Å². The van der Waals surface area contributed by atoms with Crippen LogP contribution in [0.25, 0.3) is 38.9 Å². The van der Waals surface area contributed by atoms with Gasteiger partial charge in [0.2, 0.25) is 16.7 Å². The summed E-state index contributed by atoms with van der Waals surface area (Å²) in [7, 11) is 0. The molecule has 0 radical (unpaired) electrons. The van der Waals surface area contributed by atoms with Crippen molar-refractivity contribution in [2.45, 2.75) is 20.8 Å². The third-order valence-corrected chi connectivity index (χ3v) is 6.47. The van der Waals surface area contributed by atoms with Crippen molar-refractivity contribution < 1.29 is 4.57 Å². The van der Waals surface area contributed by atoms with Gasteiger partial charge in [0.05, 0.1) is 11.4 Å². The van der Waals surface area contributed by atoms with Crippen LogP contribution in [-0.2, 0) is 0 Å². The molecular weight excluding hydrogens is 452 g/mol. The fourth-order valence-electron chi connectivity index (χ4n) is 4.44. The van der Waals surface area contributed by atoms with E-state index in [0.717, 1.165) is 72.7 Å². The standard InChI is InChI=1S/C33H29N4/c1-21(2)24-16-25(22(3)4)18-26(17-24)23(5)35-28-13-15-31-33(20-28)37(29-10-8-7-9-11-29)32-19-27(34-6)12-14-30(32)36-31/h7-20H,1,3,6H2,2,4-5H3/q+1. The Morgan fingerprint density at radius 3 is 1.78 bits per heavy atom. The van der Waals surface area contributed by atoms with Crippen molar-refractivity contribution in [2.75, 3.05) is 0 Å². The van der Waals surface area contributed by atoms with Crippen molar-refractivity contribution in [3.05, 3.63) is 115 Å². The van der Waals surface area contributed by atoms with Gasteiger partial charge in [-0.3, -0.25) is 9.98 Å². The van der Waals surface area contributed by atoms with E-state index in [4.69, 9.17) is 9.98 Å². The van der Waals surface area contributed by atoms with E-state index < -0.39 is 0 Å². The molecule has 4 aromatic carbocycles. The highest BCUT2D eigenvalue weighted by atomic mass is 15.0. The minimum absolute atomic E-state index is 0.800. The van der Waals surface area contributed by atoms with Crippen LogP contribution in [0.1, 0.15) is 37.5 Å². The topological polar surface area (TPSA) is 41.5 Å². The molecule has 0 N–H and O–H groups in total.